The van der Waals surface area contributed by atoms with Crippen molar-refractivity contribution in [1.29, 1.82) is 0 Å². The van der Waals surface area contributed by atoms with Gasteiger partial charge in [0.25, 0.3) is 0 Å². The Labute approximate surface area is 319 Å². The maximum atomic E-state index is 14.2. The second-order valence-corrected chi connectivity index (χ2v) is 12.1. The summed E-state index contributed by atoms with van der Waals surface area (Å²) in [6.45, 7) is 0.205. The third-order valence-corrected chi connectivity index (χ3v) is 8.79. The van der Waals surface area contributed by atoms with E-state index in [4.69, 9.17) is 56.8 Å². The predicted molar refractivity (Wildman–Crippen MR) is 197 cm³/mol. The summed E-state index contributed by atoms with van der Waals surface area (Å²) in [7, 11) is 10.1. The van der Waals surface area contributed by atoms with Gasteiger partial charge in [-0.15, -0.1) is 0 Å². The Hall–Kier alpha value is -5.54. The van der Waals surface area contributed by atoms with Gasteiger partial charge < -0.3 is 56.8 Å². The van der Waals surface area contributed by atoms with E-state index in [0.29, 0.717) is 0 Å². The van der Waals surface area contributed by atoms with E-state index >= 15 is 0 Å². The van der Waals surface area contributed by atoms with E-state index in [-0.39, 0.29) is 65.4 Å². The molecule has 0 radical (unpaired) electrons. The smallest absolute Gasteiger partial charge is 0.338 e. The summed E-state index contributed by atoms with van der Waals surface area (Å²) in [5, 5.41) is 0. The maximum absolute atomic E-state index is 14.2. The molecule has 1 heterocycles. The van der Waals surface area contributed by atoms with Crippen molar-refractivity contribution in [2.75, 3.05) is 56.4 Å². The van der Waals surface area contributed by atoms with Crippen LogP contribution >= 0.6 is 0 Å². The number of ether oxygens (including phenoxy) is 12. The van der Waals surface area contributed by atoms with Crippen LogP contribution in [0.2, 0.25) is 0 Å². The Bertz CT molecular complexity index is 1800. The number of rotatable bonds is 18. The van der Waals surface area contributed by atoms with Crippen molar-refractivity contribution >= 4 is 11.9 Å². The first-order valence-electron chi connectivity index (χ1n) is 17.3. The van der Waals surface area contributed by atoms with E-state index in [1.54, 1.807) is 0 Å². The molecule has 0 aliphatic carbocycles. The van der Waals surface area contributed by atoms with Gasteiger partial charge in [-0.25, -0.2) is 9.59 Å². The third kappa shape index (κ3) is 9.77. The molecule has 1 aliphatic heterocycles. The maximum Gasteiger partial charge on any atom is 0.338 e. The van der Waals surface area contributed by atoms with Gasteiger partial charge in [-0.2, -0.15) is 0 Å². The Morgan fingerprint density at radius 2 is 0.982 bits per heavy atom. The molecule has 0 spiro atoms. The molecular weight excluding hydrogens is 716 g/mol. The lowest BCUT2D eigenvalue weighted by Crippen LogP contribution is -2.62. The fourth-order valence-corrected chi connectivity index (χ4v) is 6.07. The average Bonchev–Trinajstić information content (AvgIpc) is 3.23. The van der Waals surface area contributed by atoms with Crippen LogP contribution in [0.15, 0.2) is 84.9 Å². The summed E-state index contributed by atoms with van der Waals surface area (Å²) in [6.07, 6.45) is -5.85. The lowest BCUT2D eigenvalue weighted by atomic mass is 9.97. The fourth-order valence-electron chi connectivity index (χ4n) is 6.07. The first-order valence-corrected chi connectivity index (χ1v) is 17.3. The number of methoxy groups -OCH3 is 7. The van der Waals surface area contributed by atoms with Gasteiger partial charge in [0.05, 0.1) is 73.6 Å². The number of carbonyl (C=O) groups is 2. The molecule has 0 bridgehead atoms. The van der Waals surface area contributed by atoms with Crippen molar-refractivity contribution < 1.29 is 66.4 Å². The van der Waals surface area contributed by atoms with Gasteiger partial charge in [0.15, 0.2) is 41.5 Å². The summed E-state index contributed by atoms with van der Waals surface area (Å²) in [5.74, 6) is -0.154. The number of esters is 2. The second kappa shape index (κ2) is 19.7. The van der Waals surface area contributed by atoms with Gasteiger partial charge in [0.1, 0.15) is 12.2 Å². The van der Waals surface area contributed by atoms with Gasteiger partial charge in [-0.1, -0.05) is 60.7 Å². The van der Waals surface area contributed by atoms with Crippen LogP contribution in [-0.4, -0.2) is 99.0 Å². The summed E-state index contributed by atoms with van der Waals surface area (Å²) >= 11 is 0. The highest BCUT2D eigenvalue weighted by atomic mass is 16.7. The lowest BCUT2D eigenvalue weighted by Gasteiger charge is -2.44. The SMILES string of the molecule is COc1cc(C(=O)O[C@H]2[C@@H](OC(=O)c3cc(OC)c(OC)c(OC)c3)[C@@H](COCc3ccccc3)O[C@H](OC)[C@@H]2OCc2ccccc2)cc(OC)c1OC. The topological polar surface area (TPSA) is 145 Å². The van der Waals surface area contributed by atoms with Crippen LogP contribution < -0.4 is 28.4 Å². The highest BCUT2D eigenvalue weighted by Crippen LogP contribution is 2.40. The monoisotopic (exact) mass is 762 g/mol. The standard InChI is InChI=1S/C41H46O14/c1-44-29-18-27(19-30(45-2)34(29)48-5)39(42)54-36-33(24-51-22-25-14-10-8-11-15-25)53-41(50-7)38(52-23-26-16-12-9-13-17-26)37(36)55-40(43)28-20-31(46-3)35(49-6)32(21-28)47-4/h8-21,33,36-38,41H,22-24H2,1-7H3/t33-,36+,37+,38-,41+/m1/s1. The Morgan fingerprint density at radius 3 is 1.40 bits per heavy atom. The van der Waals surface area contributed by atoms with Crippen molar-refractivity contribution in [3.63, 3.8) is 0 Å². The van der Waals surface area contributed by atoms with E-state index in [9.17, 15) is 9.59 Å². The fraction of sp³-hybridized carbons (Fsp3) is 0.366. The highest BCUT2D eigenvalue weighted by molar-refractivity contribution is 5.92. The molecule has 14 nitrogen and oxygen atoms in total. The highest BCUT2D eigenvalue weighted by Gasteiger charge is 2.52. The predicted octanol–water partition coefficient (Wildman–Crippen LogP) is 5.66. The third-order valence-electron chi connectivity index (χ3n) is 8.79. The molecule has 4 aromatic rings. The number of hydrogen-bond acceptors (Lipinski definition) is 14. The van der Waals surface area contributed by atoms with Gasteiger partial charge in [0.2, 0.25) is 11.5 Å². The average molecular weight is 763 g/mol. The summed E-state index contributed by atoms with van der Waals surface area (Å²) in [5.41, 5.74) is 1.85. The van der Waals surface area contributed by atoms with Crippen LogP contribution in [0.25, 0.3) is 0 Å². The Morgan fingerprint density at radius 1 is 0.545 bits per heavy atom. The zero-order valence-electron chi connectivity index (χ0n) is 31.8. The molecule has 5 rings (SSSR count). The molecular formula is C41H46O14. The zero-order valence-corrected chi connectivity index (χ0v) is 31.8. The Kier molecular flexibility index (Phi) is 14.5. The normalized spacial score (nSPS) is 19.1. The molecule has 0 unspecified atom stereocenters. The molecule has 0 amide bonds. The Balaban J connectivity index is 1.57. The largest absolute Gasteiger partial charge is 0.493 e. The van der Waals surface area contributed by atoms with Crippen molar-refractivity contribution in [3.8, 4) is 34.5 Å². The molecule has 1 fully saturated rings. The van der Waals surface area contributed by atoms with Crippen LogP contribution in [0.4, 0.5) is 0 Å². The molecule has 0 aromatic heterocycles. The van der Waals surface area contributed by atoms with Gasteiger partial charge >= 0.3 is 11.9 Å². The van der Waals surface area contributed by atoms with Gasteiger partial charge in [-0.05, 0) is 35.4 Å². The van der Waals surface area contributed by atoms with Crippen LogP contribution in [-0.2, 0) is 41.6 Å². The van der Waals surface area contributed by atoms with Crippen molar-refractivity contribution in [1.82, 2.24) is 0 Å². The molecule has 294 valence electrons. The molecule has 55 heavy (non-hydrogen) atoms. The van der Waals surface area contributed by atoms with Crippen LogP contribution in [0.1, 0.15) is 31.8 Å². The van der Waals surface area contributed by atoms with Crippen LogP contribution in [0, 0.1) is 0 Å². The zero-order chi connectivity index (χ0) is 39.3. The molecule has 0 saturated carbocycles. The molecule has 5 atom stereocenters. The molecule has 4 aromatic carbocycles. The minimum absolute atomic E-state index is 0.0587. The van der Waals surface area contributed by atoms with Crippen molar-refractivity contribution in [2.24, 2.45) is 0 Å². The van der Waals surface area contributed by atoms with Crippen LogP contribution in [0.5, 0.6) is 34.5 Å². The van der Waals surface area contributed by atoms with E-state index in [1.165, 1.54) is 74.0 Å². The molecule has 14 heteroatoms. The molecule has 0 N–H and O–H groups in total. The van der Waals surface area contributed by atoms with Gasteiger partial charge in [0, 0.05) is 7.11 Å². The quantitative estimate of drug-likeness (QED) is 0.115. The van der Waals surface area contributed by atoms with Crippen molar-refractivity contribution in [3.05, 3.63) is 107 Å². The summed E-state index contributed by atoms with van der Waals surface area (Å²) in [6, 6.07) is 24.7. The minimum Gasteiger partial charge on any atom is -0.493 e. The molecule has 1 aliphatic rings. The number of benzene rings is 4. The van der Waals surface area contributed by atoms with E-state index < -0.39 is 42.6 Å². The minimum atomic E-state index is -1.31. The van der Waals surface area contributed by atoms with Crippen LogP contribution in [0.3, 0.4) is 0 Å². The molecule has 1 saturated heterocycles. The number of carbonyl (C=O) groups excluding carboxylic acids is 2. The van der Waals surface area contributed by atoms with Crippen molar-refractivity contribution in [2.45, 2.75) is 43.9 Å². The summed E-state index contributed by atoms with van der Waals surface area (Å²) < 4.78 is 70.0. The van der Waals surface area contributed by atoms with E-state index in [1.807, 2.05) is 60.7 Å². The van der Waals surface area contributed by atoms with E-state index in [0.717, 1.165) is 11.1 Å². The first kappa shape index (κ1) is 40.6. The number of hydrogen-bond donors (Lipinski definition) is 0. The van der Waals surface area contributed by atoms with Gasteiger partial charge in [-0.3, -0.25) is 0 Å². The second-order valence-electron chi connectivity index (χ2n) is 12.1. The lowest BCUT2D eigenvalue weighted by molar-refractivity contribution is -0.306. The first-order chi connectivity index (χ1) is 26.8. The summed E-state index contributed by atoms with van der Waals surface area (Å²) in [4.78, 5) is 28.3. The van der Waals surface area contributed by atoms with E-state index in [2.05, 4.69) is 0 Å².